The van der Waals surface area contributed by atoms with Crippen LogP contribution in [0.5, 0.6) is 11.5 Å². The molecular weight excluding hydrogens is 322 g/mol. The van der Waals surface area contributed by atoms with E-state index in [2.05, 4.69) is 34.4 Å². The van der Waals surface area contributed by atoms with Crippen molar-refractivity contribution in [1.29, 1.82) is 0 Å². The third-order valence-corrected chi connectivity index (χ3v) is 3.70. The van der Waals surface area contributed by atoms with Crippen molar-refractivity contribution in [3.8, 4) is 11.5 Å². The fraction of sp³-hybridized carbons (Fsp3) is 0.333. The fourth-order valence-electron chi connectivity index (χ4n) is 2.26. The normalized spacial score (nSPS) is 12.6. The first-order valence-corrected chi connectivity index (χ1v) is 8.17. The monoisotopic (exact) mass is 345 g/mol. The summed E-state index contributed by atoms with van der Waals surface area (Å²) in [5.74, 6) is 1.42. The molecule has 0 atom stereocenters. The quantitative estimate of drug-likeness (QED) is 0.449. The number of nitrogens with one attached hydrogen (secondary N) is 2. The molecular formula is C18H23N3O2S. The van der Waals surface area contributed by atoms with Crippen LogP contribution in [-0.2, 0) is 0 Å². The number of benzene rings is 1. The second-order valence-corrected chi connectivity index (χ2v) is 5.76. The van der Waals surface area contributed by atoms with Crippen molar-refractivity contribution in [2.24, 2.45) is 0 Å². The Balaban J connectivity index is 1.76. The molecule has 6 heteroatoms. The van der Waals surface area contributed by atoms with E-state index in [4.69, 9.17) is 21.7 Å². The second-order valence-electron chi connectivity index (χ2n) is 5.35. The first-order valence-electron chi connectivity index (χ1n) is 7.76. The lowest BCUT2D eigenvalue weighted by Gasteiger charge is -2.18. The number of allylic oxidation sites excluding steroid dienone is 2. The average Bonchev–Trinajstić information content (AvgIpc) is 2.59. The summed E-state index contributed by atoms with van der Waals surface area (Å²) in [6.07, 6.45) is 6.99. The predicted octanol–water partition coefficient (Wildman–Crippen LogP) is 3.27. The summed E-state index contributed by atoms with van der Waals surface area (Å²) in [7, 11) is 3.24. The summed E-state index contributed by atoms with van der Waals surface area (Å²) in [6.45, 7) is 3.76. The highest BCUT2D eigenvalue weighted by atomic mass is 32.1. The van der Waals surface area contributed by atoms with Gasteiger partial charge in [-0.25, -0.2) is 0 Å². The Kier molecular flexibility index (Phi) is 6.73. The molecule has 1 heterocycles. The minimum absolute atomic E-state index is 0.569. The van der Waals surface area contributed by atoms with Crippen LogP contribution in [0.1, 0.15) is 13.3 Å². The molecule has 128 valence electrons. The van der Waals surface area contributed by atoms with Gasteiger partial charge in [-0.2, -0.15) is 0 Å². The maximum atomic E-state index is 5.35. The molecule has 2 N–H and O–H groups in total. The number of ether oxygens (including phenoxy) is 2. The number of anilines is 1. The van der Waals surface area contributed by atoms with E-state index in [-0.39, 0.29) is 0 Å². The number of hydrogen-bond acceptors (Lipinski definition) is 4. The topological polar surface area (TPSA) is 45.8 Å². The average molecular weight is 345 g/mol. The maximum absolute atomic E-state index is 5.35. The van der Waals surface area contributed by atoms with Crippen molar-refractivity contribution in [1.82, 2.24) is 10.2 Å². The molecule has 0 saturated heterocycles. The van der Waals surface area contributed by atoms with Crippen LogP contribution in [0.3, 0.4) is 0 Å². The smallest absolute Gasteiger partial charge is 0.170 e. The zero-order valence-corrected chi connectivity index (χ0v) is 15.1. The summed E-state index contributed by atoms with van der Waals surface area (Å²) in [5.41, 5.74) is 5.12. The lowest BCUT2D eigenvalue weighted by atomic mass is 10.2. The molecule has 0 aliphatic carbocycles. The zero-order valence-electron chi connectivity index (χ0n) is 14.3. The molecule has 0 amide bonds. The van der Waals surface area contributed by atoms with Crippen LogP contribution in [0.25, 0.3) is 0 Å². The molecule has 0 saturated carbocycles. The van der Waals surface area contributed by atoms with Crippen LogP contribution in [0.2, 0.25) is 0 Å². The lowest BCUT2D eigenvalue weighted by molar-refractivity contribution is 0.395. The van der Waals surface area contributed by atoms with Gasteiger partial charge in [0, 0.05) is 31.6 Å². The Morgan fingerprint density at radius 2 is 2.12 bits per heavy atom. The van der Waals surface area contributed by atoms with E-state index in [0.717, 1.165) is 30.9 Å². The largest absolute Gasteiger partial charge is 0.497 e. The van der Waals surface area contributed by atoms with E-state index < -0.39 is 0 Å². The van der Waals surface area contributed by atoms with Crippen molar-refractivity contribution in [3.05, 3.63) is 48.0 Å². The van der Waals surface area contributed by atoms with Gasteiger partial charge in [-0.1, -0.05) is 0 Å². The summed E-state index contributed by atoms with van der Waals surface area (Å²) in [6, 6.07) is 5.55. The Labute approximate surface area is 148 Å². The summed E-state index contributed by atoms with van der Waals surface area (Å²) >= 11 is 5.33. The molecule has 24 heavy (non-hydrogen) atoms. The molecule has 2 rings (SSSR count). The van der Waals surface area contributed by atoms with Gasteiger partial charge in [0.2, 0.25) is 0 Å². The van der Waals surface area contributed by atoms with Crippen molar-refractivity contribution >= 4 is 23.0 Å². The van der Waals surface area contributed by atoms with Crippen molar-refractivity contribution in [2.75, 3.05) is 32.6 Å². The van der Waals surface area contributed by atoms with Crippen LogP contribution >= 0.6 is 12.2 Å². The van der Waals surface area contributed by atoms with Gasteiger partial charge in [0.1, 0.15) is 11.5 Å². The molecule has 0 fully saturated rings. The first kappa shape index (κ1) is 17.9. The van der Waals surface area contributed by atoms with Gasteiger partial charge in [-0.3, -0.25) is 0 Å². The van der Waals surface area contributed by atoms with Crippen LogP contribution in [0, 0.1) is 0 Å². The molecule has 1 aromatic rings. The molecule has 0 unspecified atom stereocenters. The molecule has 0 bridgehead atoms. The van der Waals surface area contributed by atoms with Crippen molar-refractivity contribution in [3.63, 3.8) is 0 Å². The molecule has 0 radical (unpaired) electrons. The molecule has 1 aromatic carbocycles. The Hall–Kier alpha value is -2.43. The van der Waals surface area contributed by atoms with E-state index in [1.54, 1.807) is 14.2 Å². The SMILES string of the molecule is COc1ccc(NC(=S)NCCCN2C=C=CC(C)=C2)c(OC)c1. The van der Waals surface area contributed by atoms with Gasteiger partial charge in [0.05, 0.1) is 19.9 Å². The first-order chi connectivity index (χ1) is 11.6. The van der Waals surface area contributed by atoms with Gasteiger partial charge >= 0.3 is 0 Å². The van der Waals surface area contributed by atoms with Crippen molar-refractivity contribution in [2.45, 2.75) is 13.3 Å². The minimum Gasteiger partial charge on any atom is -0.497 e. The van der Waals surface area contributed by atoms with E-state index in [1.165, 1.54) is 5.57 Å². The van der Waals surface area contributed by atoms with Crippen LogP contribution in [-0.4, -0.2) is 37.3 Å². The van der Waals surface area contributed by atoms with Gasteiger partial charge < -0.3 is 25.0 Å². The highest BCUT2D eigenvalue weighted by Crippen LogP contribution is 2.28. The highest BCUT2D eigenvalue weighted by Gasteiger charge is 2.06. The summed E-state index contributed by atoms with van der Waals surface area (Å²) < 4.78 is 10.5. The Bertz CT molecular complexity index is 679. The number of methoxy groups -OCH3 is 2. The standard InChI is InChI=1S/C18H23N3O2S/c1-14-6-4-10-21(13-14)11-5-9-19-18(24)20-16-8-7-15(22-2)12-17(16)23-3/h6-8,10,12-13H,5,9,11H2,1-3H3,(H2,19,20,24). The highest BCUT2D eigenvalue weighted by molar-refractivity contribution is 7.80. The van der Waals surface area contributed by atoms with E-state index in [9.17, 15) is 0 Å². The minimum atomic E-state index is 0.569. The molecule has 1 aliphatic heterocycles. The van der Waals surface area contributed by atoms with E-state index >= 15 is 0 Å². The fourth-order valence-corrected chi connectivity index (χ4v) is 2.47. The maximum Gasteiger partial charge on any atom is 0.170 e. The predicted molar refractivity (Wildman–Crippen MR) is 102 cm³/mol. The number of rotatable bonds is 7. The van der Waals surface area contributed by atoms with Crippen LogP contribution in [0.15, 0.2) is 48.0 Å². The molecule has 5 nitrogen and oxygen atoms in total. The zero-order chi connectivity index (χ0) is 17.4. The molecule has 0 aromatic heterocycles. The number of nitrogens with zero attached hydrogens (tertiary/aromatic N) is 1. The van der Waals surface area contributed by atoms with Crippen molar-refractivity contribution < 1.29 is 9.47 Å². The van der Waals surface area contributed by atoms with E-state index in [0.29, 0.717) is 10.9 Å². The Morgan fingerprint density at radius 1 is 1.29 bits per heavy atom. The van der Waals surface area contributed by atoms with Gasteiger partial charge in [0.25, 0.3) is 0 Å². The Morgan fingerprint density at radius 3 is 2.83 bits per heavy atom. The number of thiocarbonyl (C=S) groups is 1. The van der Waals surface area contributed by atoms with Gasteiger partial charge in [-0.05, 0) is 49.3 Å². The summed E-state index contributed by atoms with van der Waals surface area (Å²) in [5, 5.41) is 6.92. The molecule has 1 aliphatic rings. The molecule has 0 spiro atoms. The number of hydrogen-bond donors (Lipinski definition) is 2. The van der Waals surface area contributed by atoms with Gasteiger partial charge in [-0.15, -0.1) is 5.73 Å². The van der Waals surface area contributed by atoms with E-state index in [1.807, 2.05) is 30.5 Å². The third-order valence-electron chi connectivity index (χ3n) is 3.46. The lowest BCUT2D eigenvalue weighted by Crippen LogP contribution is -2.30. The third kappa shape index (κ3) is 5.33. The van der Waals surface area contributed by atoms with Gasteiger partial charge in [0.15, 0.2) is 5.11 Å². The summed E-state index contributed by atoms with van der Waals surface area (Å²) in [4.78, 5) is 2.12. The second kappa shape index (κ2) is 9.01. The van der Waals surface area contributed by atoms with Crippen LogP contribution in [0.4, 0.5) is 5.69 Å². The van der Waals surface area contributed by atoms with Crippen LogP contribution < -0.4 is 20.1 Å².